The van der Waals surface area contributed by atoms with Crippen molar-refractivity contribution in [1.29, 1.82) is 0 Å². The van der Waals surface area contributed by atoms with Gasteiger partial charge in [0.05, 0.1) is 10.7 Å². The van der Waals surface area contributed by atoms with Crippen LogP contribution in [0.15, 0.2) is 18.2 Å². The van der Waals surface area contributed by atoms with Crippen molar-refractivity contribution in [3.05, 3.63) is 23.2 Å². The van der Waals surface area contributed by atoms with E-state index >= 15 is 0 Å². The van der Waals surface area contributed by atoms with Crippen molar-refractivity contribution in [2.24, 2.45) is 0 Å². The van der Waals surface area contributed by atoms with E-state index in [-0.39, 0.29) is 6.03 Å². The highest BCUT2D eigenvalue weighted by Crippen LogP contribution is 2.30. The maximum absolute atomic E-state index is 12.1. The molecule has 1 aliphatic heterocycles. The van der Waals surface area contributed by atoms with E-state index in [1.165, 1.54) is 19.3 Å². The lowest BCUT2D eigenvalue weighted by Gasteiger charge is -2.29. The number of carbonyl (C=O) groups excluding carboxylic acids is 1. The predicted octanol–water partition coefficient (Wildman–Crippen LogP) is 4.35. The standard InChI is InChI=1S/C17H24ClN3OS/c18-15-12-14(6-7-16(15)21-8-10-23-11-9-21)20-17(22)19-13-4-2-1-3-5-13/h6-7,12-13H,1-5,8-11H2,(H2,19,20,22). The number of carbonyl (C=O) groups is 1. The molecular formula is C17H24ClN3OS. The van der Waals surface area contributed by atoms with Crippen LogP contribution >= 0.6 is 23.4 Å². The van der Waals surface area contributed by atoms with Gasteiger partial charge in [-0.1, -0.05) is 30.9 Å². The molecule has 126 valence electrons. The molecule has 1 saturated carbocycles. The summed E-state index contributed by atoms with van der Waals surface area (Å²) in [5.74, 6) is 2.28. The van der Waals surface area contributed by atoms with Crippen LogP contribution in [0.3, 0.4) is 0 Å². The van der Waals surface area contributed by atoms with Gasteiger partial charge >= 0.3 is 6.03 Å². The summed E-state index contributed by atoms with van der Waals surface area (Å²) in [4.78, 5) is 14.4. The van der Waals surface area contributed by atoms with Crippen LogP contribution in [0.2, 0.25) is 5.02 Å². The van der Waals surface area contributed by atoms with E-state index in [9.17, 15) is 4.79 Å². The minimum Gasteiger partial charge on any atom is -0.369 e. The maximum atomic E-state index is 12.1. The van der Waals surface area contributed by atoms with Crippen molar-refractivity contribution in [1.82, 2.24) is 5.32 Å². The van der Waals surface area contributed by atoms with Crippen LogP contribution < -0.4 is 15.5 Å². The van der Waals surface area contributed by atoms with E-state index in [4.69, 9.17) is 11.6 Å². The van der Waals surface area contributed by atoms with Gasteiger partial charge in [0, 0.05) is 36.3 Å². The number of urea groups is 1. The summed E-state index contributed by atoms with van der Waals surface area (Å²) in [6, 6.07) is 5.97. The molecule has 1 saturated heterocycles. The smallest absolute Gasteiger partial charge is 0.319 e. The molecule has 2 aliphatic rings. The van der Waals surface area contributed by atoms with Crippen LogP contribution in [0.25, 0.3) is 0 Å². The second-order valence-electron chi connectivity index (χ2n) is 6.20. The highest BCUT2D eigenvalue weighted by atomic mass is 35.5. The molecule has 2 fully saturated rings. The molecule has 1 heterocycles. The van der Waals surface area contributed by atoms with Gasteiger partial charge in [-0.2, -0.15) is 11.8 Å². The average molecular weight is 354 g/mol. The SMILES string of the molecule is O=C(Nc1ccc(N2CCSCC2)c(Cl)c1)NC1CCCCC1. The number of amides is 2. The van der Waals surface area contributed by atoms with Gasteiger partial charge in [0.2, 0.25) is 0 Å². The summed E-state index contributed by atoms with van der Waals surface area (Å²) in [6.45, 7) is 2.05. The zero-order valence-electron chi connectivity index (χ0n) is 13.3. The van der Waals surface area contributed by atoms with Crippen molar-refractivity contribution < 1.29 is 4.79 Å². The second kappa shape index (κ2) is 8.15. The van der Waals surface area contributed by atoms with Gasteiger partial charge in [0.15, 0.2) is 0 Å². The highest BCUT2D eigenvalue weighted by molar-refractivity contribution is 7.99. The topological polar surface area (TPSA) is 44.4 Å². The molecule has 2 amide bonds. The van der Waals surface area contributed by atoms with Gasteiger partial charge in [-0.3, -0.25) is 0 Å². The first-order valence-electron chi connectivity index (χ1n) is 8.42. The molecule has 4 nitrogen and oxygen atoms in total. The van der Waals surface area contributed by atoms with Crippen LogP contribution in [0.5, 0.6) is 0 Å². The predicted molar refractivity (Wildman–Crippen MR) is 100 cm³/mol. The summed E-state index contributed by atoms with van der Waals surface area (Å²) in [5.41, 5.74) is 1.81. The van der Waals surface area contributed by atoms with Crippen LogP contribution in [0.1, 0.15) is 32.1 Å². The number of anilines is 2. The third-order valence-corrected chi connectivity index (χ3v) is 5.74. The third kappa shape index (κ3) is 4.70. The minimum atomic E-state index is -0.130. The number of nitrogens with zero attached hydrogens (tertiary/aromatic N) is 1. The molecule has 0 atom stereocenters. The van der Waals surface area contributed by atoms with Crippen molar-refractivity contribution in [3.63, 3.8) is 0 Å². The van der Waals surface area contributed by atoms with Crippen LogP contribution in [0.4, 0.5) is 16.2 Å². The minimum absolute atomic E-state index is 0.130. The van der Waals surface area contributed by atoms with Crippen molar-refractivity contribution >= 4 is 40.8 Å². The van der Waals surface area contributed by atoms with E-state index in [0.717, 1.165) is 48.8 Å². The van der Waals surface area contributed by atoms with Crippen LogP contribution in [-0.4, -0.2) is 36.7 Å². The first kappa shape index (κ1) is 16.8. The Hall–Kier alpha value is -1.07. The molecule has 1 aromatic carbocycles. The Morgan fingerprint density at radius 1 is 1.17 bits per heavy atom. The summed E-state index contributed by atoms with van der Waals surface area (Å²) in [6.07, 6.45) is 5.87. The van der Waals surface area contributed by atoms with Gasteiger partial charge in [0.1, 0.15) is 0 Å². The summed E-state index contributed by atoms with van der Waals surface area (Å²) >= 11 is 8.40. The average Bonchev–Trinajstić information content (AvgIpc) is 2.56. The zero-order valence-corrected chi connectivity index (χ0v) is 14.9. The fourth-order valence-electron chi connectivity index (χ4n) is 3.24. The molecule has 0 unspecified atom stereocenters. The van der Waals surface area contributed by atoms with E-state index in [1.54, 1.807) is 0 Å². The summed E-state index contributed by atoms with van der Waals surface area (Å²) in [7, 11) is 0. The zero-order chi connectivity index (χ0) is 16.1. The molecule has 1 aromatic rings. The maximum Gasteiger partial charge on any atom is 0.319 e. The molecule has 0 bridgehead atoms. The Kier molecular flexibility index (Phi) is 5.95. The fraction of sp³-hybridized carbons (Fsp3) is 0.588. The molecular weight excluding hydrogens is 330 g/mol. The number of nitrogens with one attached hydrogen (secondary N) is 2. The lowest BCUT2D eigenvalue weighted by Crippen LogP contribution is -2.39. The summed E-state index contributed by atoms with van der Waals surface area (Å²) < 4.78 is 0. The number of thioether (sulfide) groups is 1. The highest BCUT2D eigenvalue weighted by Gasteiger charge is 2.17. The quantitative estimate of drug-likeness (QED) is 0.849. The molecule has 0 radical (unpaired) electrons. The first-order valence-corrected chi connectivity index (χ1v) is 9.95. The molecule has 0 spiro atoms. The molecule has 6 heteroatoms. The Morgan fingerprint density at radius 2 is 1.91 bits per heavy atom. The monoisotopic (exact) mass is 353 g/mol. The molecule has 2 N–H and O–H groups in total. The third-order valence-electron chi connectivity index (χ3n) is 4.50. The Labute approximate surface area is 147 Å². The first-order chi connectivity index (χ1) is 11.2. The van der Waals surface area contributed by atoms with E-state index in [1.807, 2.05) is 30.0 Å². The van der Waals surface area contributed by atoms with E-state index < -0.39 is 0 Å². The van der Waals surface area contributed by atoms with E-state index in [2.05, 4.69) is 15.5 Å². The molecule has 0 aromatic heterocycles. The molecule has 1 aliphatic carbocycles. The summed E-state index contributed by atoms with van der Waals surface area (Å²) in [5, 5.41) is 6.66. The molecule has 3 rings (SSSR count). The van der Waals surface area contributed by atoms with Crippen molar-refractivity contribution in [2.75, 3.05) is 34.8 Å². The van der Waals surface area contributed by atoms with Crippen molar-refractivity contribution in [3.8, 4) is 0 Å². The lowest BCUT2D eigenvalue weighted by molar-refractivity contribution is 0.244. The second-order valence-corrected chi connectivity index (χ2v) is 7.83. The van der Waals surface area contributed by atoms with Gasteiger partial charge in [-0.05, 0) is 31.0 Å². The van der Waals surface area contributed by atoms with Gasteiger partial charge in [-0.15, -0.1) is 0 Å². The van der Waals surface area contributed by atoms with Crippen LogP contribution in [-0.2, 0) is 0 Å². The normalized spacial score (nSPS) is 19.4. The van der Waals surface area contributed by atoms with Crippen molar-refractivity contribution in [2.45, 2.75) is 38.1 Å². The Morgan fingerprint density at radius 3 is 2.61 bits per heavy atom. The van der Waals surface area contributed by atoms with Crippen LogP contribution in [0, 0.1) is 0 Å². The fourth-order valence-corrected chi connectivity index (χ4v) is 4.45. The number of benzene rings is 1. The number of hydrogen-bond acceptors (Lipinski definition) is 3. The van der Waals surface area contributed by atoms with Gasteiger partial charge in [0.25, 0.3) is 0 Å². The lowest BCUT2D eigenvalue weighted by atomic mass is 9.96. The number of rotatable bonds is 3. The Bertz CT molecular complexity index is 543. The Balaban J connectivity index is 1.57. The number of hydrogen-bond donors (Lipinski definition) is 2. The van der Waals surface area contributed by atoms with Gasteiger partial charge in [-0.25, -0.2) is 4.79 Å². The molecule has 23 heavy (non-hydrogen) atoms. The number of halogens is 1. The van der Waals surface area contributed by atoms with Gasteiger partial charge < -0.3 is 15.5 Å². The largest absolute Gasteiger partial charge is 0.369 e. The van der Waals surface area contributed by atoms with E-state index in [0.29, 0.717) is 11.1 Å².